The van der Waals surface area contributed by atoms with Crippen LogP contribution in [0.25, 0.3) is 11.0 Å². The zero-order valence-corrected chi connectivity index (χ0v) is 18.0. The summed E-state index contributed by atoms with van der Waals surface area (Å²) in [6.07, 6.45) is 0. The zero-order valence-electron chi connectivity index (χ0n) is 15.6. The molecule has 4 aromatic rings. The largest absolute Gasteiger partial charge is 0.497 e. The lowest BCUT2D eigenvalue weighted by Crippen LogP contribution is -2.13. The first-order valence-corrected chi connectivity index (χ1v) is 10.8. The van der Waals surface area contributed by atoms with E-state index in [2.05, 4.69) is 15.5 Å². The van der Waals surface area contributed by atoms with E-state index in [0.29, 0.717) is 27.8 Å². The normalized spacial score (nSPS) is 11.0. The number of hydrogen-bond acceptors (Lipinski definition) is 7. The number of aromatic nitrogens is 2. The molecular weight excluding hydrogens is 430 g/mol. The molecule has 0 aliphatic carbocycles. The van der Waals surface area contributed by atoms with Crippen LogP contribution in [0.4, 0.5) is 5.69 Å². The molecule has 0 aliphatic rings. The van der Waals surface area contributed by atoms with Gasteiger partial charge in [-0.1, -0.05) is 52.9 Å². The van der Waals surface area contributed by atoms with E-state index in [1.54, 1.807) is 25.3 Å². The van der Waals surface area contributed by atoms with Gasteiger partial charge in [0.2, 0.25) is 0 Å². The van der Waals surface area contributed by atoms with Crippen LogP contribution in [0.2, 0.25) is 5.02 Å². The van der Waals surface area contributed by atoms with E-state index in [0.717, 1.165) is 20.3 Å². The van der Waals surface area contributed by atoms with Crippen LogP contribution in [0.1, 0.15) is 21.1 Å². The third kappa shape index (κ3) is 4.24. The Morgan fingerprint density at radius 2 is 2.10 bits per heavy atom. The highest BCUT2D eigenvalue weighted by molar-refractivity contribution is 8.00. The van der Waals surface area contributed by atoms with Crippen molar-refractivity contribution >= 4 is 57.3 Å². The van der Waals surface area contributed by atoms with Crippen molar-refractivity contribution < 1.29 is 13.9 Å². The van der Waals surface area contributed by atoms with Crippen LogP contribution in [0.5, 0.6) is 5.75 Å². The summed E-state index contributed by atoms with van der Waals surface area (Å²) in [4.78, 5) is 13.0. The number of amides is 1. The SMILES string of the molecule is COc1ccc(NC(=O)c2oc3ccccc3c2CSc2nnc(C)s2)c(Cl)c1. The molecule has 2 aromatic carbocycles. The molecule has 1 N–H and O–H groups in total. The number of thioether (sulfide) groups is 1. The molecule has 0 fully saturated rings. The fourth-order valence-corrected chi connectivity index (χ4v) is 4.86. The maximum Gasteiger partial charge on any atom is 0.291 e. The quantitative estimate of drug-likeness (QED) is 0.378. The average Bonchev–Trinajstić information content (AvgIpc) is 3.31. The number of ether oxygens (including phenoxy) is 1. The van der Waals surface area contributed by atoms with Gasteiger partial charge in [-0.15, -0.1) is 10.2 Å². The molecule has 9 heteroatoms. The van der Waals surface area contributed by atoms with Crippen LogP contribution in [0.15, 0.2) is 51.2 Å². The minimum atomic E-state index is -0.364. The van der Waals surface area contributed by atoms with Crippen molar-refractivity contribution in [2.75, 3.05) is 12.4 Å². The summed E-state index contributed by atoms with van der Waals surface area (Å²) in [5.41, 5.74) is 1.94. The molecule has 148 valence electrons. The van der Waals surface area contributed by atoms with Crippen molar-refractivity contribution in [2.45, 2.75) is 17.0 Å². The van der Waals surface area contributed by atoms with Crippen molar-refractivity contribution in [3.63, 3.8) is 0 Å². The molecule has 0 spiro atoms. The fraction of sp³-hybridized carbons (Fsp3) is 0.150. The van der Waals surface area contributed by atoms with Crippen LogP contribution in [0.3, 0.4) is 0 Å². The molecule has 4 rings (SSSR count). The average molecular weight is 446 g/mol. The first kappa shape index (κ1) is 19.8. The number of nitrogens with zero attached hydrogens (tertiary/aromatic N) is 2. The summed E-state index contributed by atoms with van der Waals surface area (Å²) < 4.78 is 11.9. The number of rotatable bonds is 6. The molecule has 0 saturated carbocycles. The maximum absolute atomic E-state index is 13.0. The van der Waals surface area contributed by atoms with Crippen LogP contribution < -0.4 is 10.1 Å². The van der Waals surface area contributed by atoms with Gasteiger partial charge in [-0.25, -0.2) is 0 Å². The number of furan rings is 1. The minimum absolute atomic E-state index is 0.256. The summed E-state index contributed by atoms with van der Waals surface area (Å²) in [5.74, 6) is 1.04. The van der Waals surface area contributed by atoms with E-state index in [9.17, 15) is 4.79 Å². The molecular formula is C20H16ClN3O3S2. The number of benzene rings is 2. The molecule has 0 radical (unpaired) electrons. The summed E-state index contributed by atoms with van der Waals surface area (Å²) >= 11 is 9.30. The van der Waals surface area contributed by atoms with Gasteiger partial charge in [0.15, 0.2) is 10.1 Å². The van der Waals surface area contributed by atoms with Crippen molar-refractivity contribution in [2.24, 2.45) is 0 Å². The Hall–Kier alpha value is -2.55. The maximum atomic E-state index is 13.0. The number of fused-ring (bicyclic) bond motifs is 1. The highest BCUT2D eigenvalue weighted by Crippen LogP contribution is 2.34. The van der Waals surface area contributed by atoms with Gasteiger partial charge >= 0.3 is 0 Å². The Balaban J connectivity index is 1.64. The lowest BCUT2D eigenvalue weighted by molar-refractivity contribution is 0.0998. The molecule has 0 saturated heterocycles. The smallest absolute Gasteiger partial charge is 0.291 e. The lowest BCUT2D eigenvalue weighted by Gasteiger charge is -2.08. The topological polar surface area (TPSA) is 77.2 Å². The Kier molecular flexibility index (Phi) is 5.75. The zero-order chi connectivity index (χ0) is 20.4. The number of aryl methyl sites for hydroxylation is 1. The van der Waals surface area contributed by atoms with Crippen LogP contribution in [-0.2, 0) is 5.75 Å². The first-order valence-electron chi connectivity index (χ1n) is 8.63. The van der Waals surface area contributed by atoms with Gasteiger partial charge in [-0.3, -0.25) is 4.79 Å². The van der Waals surface area contributed by atoms with E-state index < -0.39 is 0 Å². The molecule has 0 atom stereocenters. The van der Waals surface area contributed by atoms with Crippen LogP contribution >= 0.6 is 34.7 Å². The summed E-state index contributed by atoms with van der Waals surface area (Å²) in [5, 5.41) is 13.2. The van der Waals surface area contributed by atoms with E-state index in [4.69, 9.17) is 20.8 Å². The fourth-order valence-electron chi connectivity index (χ4n) is 2.80. The van der Waals surface area contributed by atoms with E-state index in [1.165, 1.54) is 23.1 Å². The standard InChI is InChI=1S/C20H16ClN3O3S2/c1-11-23-24-20(29-11)28-10-14-13-5-3-4-6-17(13)27-18(14)19(25)22-16-8-7-12(26-2)9-15(16)21/h3-9H,10H2,1-2H3,(H,22,25). The van der Waals surface area contributed by atoms with Crippen molar-refractivity contribution in [1.82, 2.24) is 10.2 Å². The Labute approximate surface area is 180 Å². The molecule has 0 aliphatic heterocycles. The third-order valence-electron chi connectivity index (χ3n) is 4.18. The van der Waals surface area contributed by atoms with E-state index in [1.807, 2.05) is 31.2 Å². The first-order chi connectivity index (χ1) is 14.0. The number of para-hydroxylation sites is 1. The Morgan fingerprint density at radius 1 is 1.28 bits per heavy atom. The number of halogens is 1. The van der Waals surface area contributed by atoms with Crippen molar-refractivity contribution in [3.05, 3.63) is 63.8 Å². The summed E-state index contributed by atoms with van der Waals surface area (Å²) in [7, 11) is 1.56. The second-order valence-corrected chi connectivity index (χ2v) is 8.89. The number of anilines is 1. The highest BCUT2D eigenvalue weighted by atomic mass is 35.5. The second kappa shape index (κ2) is 8.44. The molecule has 6 nitrogen and oxygen atoms in total. The van der Waals surface area contributed by atoms with Crippen LogP contribution in [-0.4, -0.2) is 23.2 Å². The highest BCUT2D eigenvalue weighted by Gasteiger charge is 2.22. The lowest BCUT2D eigenvalue weighted by atomic mass is 10.1. The van der Waals surface area contributed by atoms with Gasteiger partial charge < -0.3 is 14.5 Å². The van der Waals surface area contributed by atoms with Gasteiger partial charge in [0.25, 0.3) is 5.91 Å². The van der Waals surface area contributed by atoms with Gasteiger partial charge in [-0.05, 0) is 25.1 Å². The predicted molar refractivity (Wildman–Crippen MR) is 116 cm³/mol. The van der Waals surface area contributed by atoms with Gasteiger partial charge in [0.05, 0.1) is 17.8 Å². The molecule has 1 amide bonds. The van der Waals surface area contributed by atoms with E-state index >= 15 is 0 Å². The minimum Gasteiger partial charge on any atom is -0.497 e. The van der Waals surface area contributed by atoms with Crippen molar-refractivity contribution in [1.29, 1.82) is 0 Å². The molecule has 0 unspecified atom stereocenters. The molecule has 0 bridgehead atoms. The second-order valence-electron chi connectivity index (χ2n) is 6.08. The third-order valence-corrected chi connectivity index (χ3v) is 6.49. The predicted octanol–water partition coefficient (Wildman–Crippen LogP) is 5.80. The number of carbonyl (C=O) groups is 1. The molecule has 29 heavy (non-hydrogen) atoms. The van der Waals surface area contributed by atoms with E-state index in [-0.39, 0.29) is 11.7 Å². The van der Waals surface area contributed by atoms with Crippen LogP contribution in [0, 0.1) is 6.92 Å². The van der Waals surface area contributed by atoms with Gasteiger partial charge in [-0.2, -0.15) is 0 Å². The molecule has 2 heterocycles. The molecule has 2 aromatic heterocycles. The Morgan fingerprint density at radius 3 is 2.83 bits per heavy atom. The monoisotopic (exact) mass is 445 g/mol. The Bertz CT molecular complexity index is 1190. The number of carbonyl (C=O) groups excluding carboxylic acids is 1. The number of hydrogen-bond donors (Lipinski definition) is 1. The summed E-state index contributed by atoms with van der Waals surface area (Å²) in [6.45, 7) is 1.91. The van der Waals surface area contributed by atoms with Gasteiger partial charge in [0, 0.05) is 22.8 Å². The summed E-state index contributed by atoms with van der Waals surface area (Å²) in [6, 6.07) is 12.6. The van der Waals surface area contributed by atoms with Crippen molar-refractivity contribution in [3.8, 4) is 5.75 Å². The number of methoxy groups -OCH3 is 1. The van der Waals surface area contributed by atoms with Gasteiger partial charge in [0.1, 0.15) is 16.3 Å². The number of nitrogens with one attached hydrogen (secondary N) is 1.